The Morgan fingerprint density at radius 1 is 1.31 bits per heavy atom. The van der Waals surface area contributed by atoms with Crippen LogP contribution in [-0.2, 0) is 0 Å². The van der Waals surface area contributed by atoms with E-state index in [2.05, 4.69) is 60.5 Å². The zero-order valence-corrected chi connectivity index (χ0v) is 18.7. The van der Waals surface area contributed by atoms with Crippen LogP contribution >= 0.6 is 57.4 Å². The quantitative estimate of drug-likeness (QED) is 0.254. The molecule has 0 unspecified atom stereocenters. The third kappa shape index (κ3) is 4.26. The molecule has 3 aromatic rings. The molecule has 2 aromatic carbocycles. The van der Waals surface area contributed by atoms with Crippen LogP contribution < -0.4 is 4.74 Å². The van der Waals surface area contributed by atoms with Crippen molar-refractivity contribution >= 4 is 63.6 Å². The number of aromatic hydroxyl groups is 1. The fourth-order valence-electron chi connectivity index (χ4n) is 2.26. The summed E-state index contributed by atoms with van der Waals surface area (Å²) in [4.78, 5) is 0. The molecule has 0 spiro atoms. The maximum Gasteiger partial charge on any atom is 0.216 e. The Bertz CT molecular complexity index is 1010. The highest BCUT2D eigenvalue weighted by molar-refractivity contribution is 14.1. The predicted molar refractivity (Wildman–Crippen MR) is 121 cm³/mol. The summed E-state index contributed by atoms with van der Waals surface area (Å²) in [6, 6.07) is 11.3. The number of phenols is 1. The molecule has 134 valence electrons. The first-order chi connectivity index (χ1) is 12.5. The molecule has 0 bridgehead atoms. The summed E-state index contributed by atoms with van der Waals surface area (Å²) >= 11 is 9.57. The van der Waals surface area contributed by atoms with Crippen LogP contribution in [0.2, 0.25) is 0 Å². The minimum atomic E-state index is 0.187. The molecular weight excluding hydrogens is 578 g/mol. The molecule has 0 amide bonds. The Morgan fingerprint density at radius 3 is 2.73 bits per heavy atom. The van der Waals surface area contributed by atoms with Crippen LogP contribution in [0.4, 0.5) is 0 Å². The van der Waals surface area contributed by atoms with Gasteiger partial charge in [0.2, 0.25) is 4.77 Å². The van der Waals surface area contributed by atoms with Crippen molar-refractivity contribution in [1.29, 1.82) is 0 Å². The Kier molecular flexibility index (Phi) is 6.29. The van der Waals surface area contributed by atoms with E-state index < -0.39 is 0 Å². The number of benzene rings is 2. The molecule has 6 nitrogen and oxygen atoms in total. The molecule has 0 aliphatic carbocycles. The third-order valence-corrected chi connectivity index (χ3v) is 5.15. The summed E-state index contributed by atoms with van der Waals surface area (Å²) in [7, 11) is 0. The van der Waals surface area contributed by atoms with Crippen LogP contribution in [-0.4, -0.2) is 32.8 Å². The van der Waals surface area contributed by atoms with Gasteiger partial charge in [-0.2, -0.15) is 14.9 Å². The topological polar surface area (TPSA) is 75.4 Å². The first kappa shape index (κ1) is 19.3. The van der Waals surface area contributed by atoms with Crippen LogP contribution in [0.1, 0.15) is 12.5 Å². The summed E-state index contributed by atoms with van der Waals surface area (Å²) in [5.74, 6) is 1.56. The number of nitrogens with one attached hydrogen (secondary N) is 1. The number of nitrogens with zero attached hydrogens (tertiary/aromatic N) is 3. The molecule has 9 heteroatoms. The van der Waals surface area contributed by atoms with Crippen molar-refractivity contribution in [3.05, 3.63) is 53.9 Å². The van der Waals surface area contributed by atoms with E-state index in [-0.39, 0.29) is 5.75 Å². The van der Waals surface area contributed by atoms with Gasteiger partial charge in [-0.15, -0.1) is 0 Å². The van der Waals surface area contributed by atoms with Gasteiger partial charge in [0.05, 0.1) is 16.4 Å². The highest BCUT2D eigenvalue weighted by atomic mass is 127. The van der Waals surface area contributed by atoms with E-state index in [0.717, 1.165) is 18.5 Å². The lowest BCUT2D eigenvalue weighted by atomic mass is 10.2. The molecule has 3 rings (SSSR count). The number of halogens is 2. The van der Waals surface area contributed by atoms with Crippen LogP contribution in [0.25, 0.3) is 11.4 Å². The highest BCUT2D eigenvalue weighted by Gasteiger charge is 2.10. The van der Waals surface area contributed by atoms with E-state index >= 15 is 0 Å². The second-order valence-electron chi connectivity index (χ2n) is 5.19. The normalized spacial score (nSPS) is 11.2. The van der Waals surface area contributed by atoms with Crippen molar-refractivity contribution in [1.82, 2.24) is 14.9 Å². The number of aromatic nitrogens is 3. The number of ether oxygens (including phenoxy) is 1. The van der Waals surface area contributed by atoms with E-state index in [1.165, 1.54) is 4.68 Å². The van der Waals surface area contributed by atoms with Crippen LogP contribution in [0.15, 0.2) is 41.5 Å². The molecule has 1 heterocycles. The monoisotopic (exact) mass is 592 g/mol. The van der Waals surface area contributed by atoms with Gasteiger partial charge in [-0.3, -0.25) is 0 Å². The second-order valence-corrected chi connectivity index (χ2v) is 7.99. The molecule has 0 aliphatic heterocycles. The minimum absolute atomic E-state index is 0.187. The molecule has 0 saturated heterocycles. The predicted octanol–water partition coefficient (Wildman–Crippen LogP) is 4.80. The number of H-pyrrole nitrogens is 1. The maximum atomic E-state index is 10.2. The second kappa shape index (κ2) is 8.48. The summed E-state index contributed by atoms with van der Waals surface area (Å²) in [5, 5.41) is 21.6. The van der Waals surface area contributed by atoms with Crippen molar-refractivity contribution in [2.45, 2.75) is 6.92 Å². The van der Waals surface area contributed by atoms with E-state index in [4.69, 9.17) is 17.0 Å². The van der Waals surface area contributed by atoms with Gasteiger partial charge < -0.3 is 9.84 Å². The highest BCUT2D eigenvalue weighted by Crippen LogP contribution is 2.26. The average Bonchev–Trinajstić information content (AvgIpc) is 2.98. The van der Waals surface area contributed by atoms with E-state index in [1.54, 1.807) is 6.21 Å². The summed E-state index contributed by atoms with van der Waals surface area (Å²) < 4.78 is 9.12. The average molecular weight is 592 g/mol. The van der Waals surface area contributed by atoms with Gasteiger partial charge in [0.15, 0.2) is 5.82 Å². The molecule has 2 N–H and O–H groups in total. The fraction of sp³-hybridized carbons (Fsp3) is 0.118. The first-order valence-corrected chi connectivity index (χ1v) is 10.2. The molecule has 0 atom stereocenters. The Labute approximate surface area is 182 Å². The van der Waals surface area contributed by atoms with Gasteiger partial charge in [0.25, 0.3) is 0 Å². The van der Waals surface area contributed by atoms with Gasteiger partial charge in [0, 0.05) is 14.7 Å². The standard InChI is InChI=1S/C17H14I2N4O2S/c1-2-25-13-5-3-10(4-6-13)16-21-22-17(26)23(16)20-9-11-7-12(18)8-14(19)15(11)24/h3-9,24H,2H2,1H3,(H,22,26). The first-order valence-electron chi connectivity index (χ1n) is 7.62. The van der Waals surface area contributed by atoms with Gasteiger partial charge in [-0.25, -0.2) is 5.10 Å². The molecule has 0 saturated carbocycles. The van der Waals surface area contributed by atoms with Crippen LogP contribution in [0.5, 0.6) is 11.5 Å². The number of rotatable bonds is 5. The van der Waals surface area contributed by atoms with Crippen molar-refractivity contribution < 1.29 is 9.84 Å². The third-order valence-electron chi connectivity index (χ3n) is 3.44. The summed E-state index contributed by atoms with van der Waals surface area (Å²) in [6.07, 6.45) is 1.57. The smallest absolute Gasteiger partial charge is 0.216 e. The number of phenolic OH excluding ortho intramolecular Hbond substituents is 1. The van der Waals surface area contributed by atoms with Crippen molar-refractivity contribution in [3.8, 4) is 22.9 Å². The largest absolute Gasteiger partial charge is 0.506 e. The molecule has 1 aromatic heterocycles. The molecule has 0 fully saturated rings. The van der Waals surface area contributed by atoms with Gasteiger partial charge in [0.1, 0.15) is 11.5 Å². The summed E-state index contributed by atoms with van der Waals surface area (Å²) in [5.41, 5.74) is 1.46. The molecular formula is C17H14I2N4O2S. The summed E-state index contributed by atoms with van der Waals surface area (Å²) in [6.45, 7) is 2.55. The lowest BCUT2D eigenvalue weighted by molar-refractivity contribution is 0.340. The zero-order valence-electron chi connectivity index (χ0n) is 13.6. The van der Waals surface area contributed by atoms with Crippen LogP contribution in [0, 0.1) is 11.9 Å². The van der Waals surface area contributed by atoms with Gasteiger partial charge >= 0.3 is 0 Å². The number of hydrogen-bond acceptors (Lipinski definition) is 5. The van der Waals surface area contributed by atoms with Crippen molar-refractivity contribution in [2.75, 3.05) is 6.61 Å². The van der Waals surface area contributed by atoms with Crippen molar-refractivity contribution in [3.63, 3.8) is 0 Å². The molecule has 0 radical (unpaired) electrons. The lowest BCUT2D eigenvalue weighted by Gasteiger charge is -2.05. The van der Waals surface area contributed by atoms with Crippen LogP contribution in [0.3, 0.4) is 0 Å². The van der Waals surface area contributed by atoms with E-state index in [1.807, 2.05) is 43.3 Å². The number of aromatic amines is 1. The molecule has 0 aliphatic rings. The lowest BCUT2D eigenvalue weighted by Crippen LogP contribution is -1.96. The molecule has 26 heavy (non-hydrogen) atoms. The van der Waals surface area contributed by atoms with Crippen molar-refractivity contribution in [2.24, 2.45) is 5.10 Å². The fourth-order valence-corrected chi connectivity index (χ4v) is 4.33. The Morgan fingerprint density at radius 2 is 2.04 bits per heavy atom. The van der Waals surface area contributed by atoms with E-state index in [0.29, 0.717) is 22.8 Å². The van der Waals surface area contributed by atoms with Gasteiger partial charge in [-0.1, -0.05) is 0 Å². The Hall–Kier alpha value is -1.47. The number of hydrogen-bond donors (Lipinski definition) is 2. The van der Waals surface area contributed by atoms with Gasteiger partial charge in [-0.05, 0) is 101 Å². The minimum Gasteiger partial charge on any atom is -0.506 e. The zero-order chi connectivity index (χ0) is 18.7. The Balaban J connectivity index is 1.97. The SMILES string of the molecule is CCOc1ccc(-c2n[nH]c(=S)n2N=Cc2cc(I)cc(I)c2O)cc1. The van der Waals surface area contributed by atoms with E-state index in [9.17, 15) is 5.11 Å². The maximum absolute atomic E-state index is 10.2.